The smallest absolute Gasteiger partial charge is 0.327 e. The van der Waals surface area contributed by atoms with Gasteiger partial charge >= 0.3 is 5.97 Å². The van der Waals surface area contributed by atoms with Crippen molar-refractivity contribution in [1.29, 1.82) is 0 Å². The number of amides is 1. The Kier molecular flexibility index (Phi) is 6.81. The Morgan fingerprint density at radius 2 is 1.76 bits per heavy atom. The zero-order chi connectivity index (χ0) is 23.5. The van der Waals surface area contributed by atoms with Crippen LogP contribution in [0.2, 0.25) is 5.02 Å². The average Bonchev–Trinajstić information content (AvgIpc) is 2.84. The van der Waals surface area contributed by atoms with E-state index >= 15 is 0 Å². The first kappa shape index (κ1) is 23.0. The number of ether oxygens (including phenoxy) is 2. The molecule has 7 nitrogen and oxygen atoms in total. The molecule has 0 unspecified atom stereocenters. The number of benzene rings is 2. The number of aromatic nitrogens is 1. The van der Waals surface area contributed by atoms with Gasteiger partial charge in [0, 0.05) is 42.7 Å². The highest BCUT2D eigenvalue weighted by molar-refractivity contribution is 6.31. The third-order valence-electron chi connectivity index (χ3n) is 6.04. The minimum atomic E-state index is -0.611. The highest BCUT2D eigenvalue weighted by Crippen LogP contribution is 2.30. The van der Waals surface area contributed by atoms with Gasteiger partial charge in [-0.1, -0.05) is 29.8 Å². The first-order valence-corrected chi connectivity index (χ1v) is 11.1. The van der Waals surface area contributed by atoms with Gasteiger partial charge in [0.25, 0.3) is 5.91 Å². The fourth-order valence-corrected chi connectivity index (χ4v) is 4.46. The third kappa shape index (κ3) is 4.65. The largest absolute Gasteiger partial charge is 0.497 e. The van der Waals surface area contributed by atoms with Crippen molar-refractivity contribution >= 4 is 34.4 Å². The quantitative estimate of drug-likeness (QED) is 0.530. The molecule has 0 aliphatic carbocycles. The van der Waals surface area contributed by atoms with E-state index in [0.29, 0.717) is 48.0 Å². The third-order valence-corrected chi connectivity index (χ3v) is 6.38. The number of pyridine rings is 1. The number of rotatable bonds is 5. The number of hydrogen-bond donors (Lipinski definition) is 0. The SMILES string of the molecule is COC(=O)[C@@H](c1ccccc1Cl)N1CCN(C(=O)c2cc3ccc(OC)cc3nc2C)CC1. The van der Waals surface area contributed by atoms with Crippen LogP contribution < -0.4 is 4.74 Å². The molecule has 0 radical (unpaired) electrons. The Balaban J connectivity index is 1.52. The van der Waals surface area contributed by atoms with Crippen LogP contribution in [0.15, 0.2) is 48.5 Å². The summed E-state index contributed by atoms with van der Waals surface area (Å²) in [5.74, 6) is 0.292. The van der Waals surface area contributed by atoms with Gasteiger partial charge in [0.15, 0.2) is 0 Å². The zero-order valence-electron chi connectivity index (χ0n) is 18.9. The number of methoxy groups -OCH3 is 2. The molecule has 3 aromatic rings. The number of halogens is 1. The predicted molar refractivity (Wildman–Crippen MR) is 127 cm³/mol. The van der Waals surface area contributed by atoms with Crippen molar-refractivity contribution in [2.45, 2.75) is 13.0 Å². The maximum atomic E-state index is 13.3. The van der Waals surface area contributed by atoms with Crippen LogP contribution in [-0.4, -0.2) is 67.1 Å². The van der Waals surface area contributed by atoms with Gasteiger partial charge in [-0.3, -0.25) is 14.7 Å². The van der Waals surface area contributed by atoms with Crippen LogP contribution in [0, 0.1) is 6.92 Å². The normalized spacial score (nSPS) is 15.3. The molecule has 0 bridgehead atoms. The molecule has 0 saturated carbocycles. The second-order valence-corrected chi connectivity index (χ2v) is 8.36. The fourth-order valence-electron chi connectivity index (χ4n) is 4.22. The lowest BCUT2D eigenvalue weighted by Crippen LogP contribution is -2.51. The summed E-state index contributed by atoms with van der Waals surface area (Å²) in [6, 6.07) is 14.2. The number of carbonyl (C=O) groups is 2. The Labute approximate surface area is 197 Å². The van der Waals surface area contributed by atoms with E-state index in [4.69, 9.17) is 21.1 Å². The lowest BCUT2D eigenvalue weighted by Gasteiger charge is -2.38. The van der Waals surface area contributed by atoms with Gasteiger partial charge in [0.05, 0.1) is 31.0 Å². The first-order valence-electron chi connectivity index (χ1n) is 10.7. The molecular weight excluding hydrogens is 442 g/mol. The van der Waals surface area contributed by atoms with Crippen LogP contribution in [0.3, 0.4) is 0 Å². The minimum Gasteiger partial charge on any atom is -0.497 e. The van der Waals surface area contributed by atoms with Crippen LogP contribution in [-0.2, 0) is 9.53 Å². The lowest BCUT2D eigenvalue weighted by molar-refractivity contribution is -0.148. The molecule has 2 aromatic carbocycles. The fraction of sp³-hybridized carbons (Fsp3) is 0.320. The number of esters is 1. The molecule has 33 heavy (non-hydrogen) atoms. The number of nitrogens with zero attached hydrogens (tertiary/aromatic N) is 3. The zero-order valence-corrected chi connectivity index (χ0v) is 19.6. The van der Waals surface area contributed by atoms with E-state index in [1.54, 1.807) is 18.1 Å². The topological polar surface area (TPSA) is 72.0 Å². The van der Waals surface area contributed by atoms with Gasteiger partial charge < -0.3 is 14.4 Å². The Morgan fingerprint density at radius 3 is 2.42 bits per heavy atom. The summed E-state index contributed by atoms with van der Waals surface area (Å²) in [6.45, 7) is 3.85. The molecule has 4 rings (SSSR count). The molecule has 0 spiro atoms. The van der Waals surface area contributed by atoms with E-state index in [0.717, 1.165) is 16.7 Å². The average molecular weight is 468 g/mol. The van der Waals surface area contributed by atoms with Crippen molar-refractivity contribution < 1.29 is 19.1 Å². The monoisotopic (exact) mass is 467 g/mol. The summed E-state index contributed by atoms with van der Waals surface area (Å²) in [5.41, 5.74) is 2.74. The molecule has 1 aromatic heterocycles. The summed E-state index contributed by atoms with van der Waals surface area (Å²) >= 11 is 6.37. The summed E-state index contributed by atoms with van der Waals surface area (Å²) in [7, 11) is 2.99. The highest BCUT2D eigenvalue weighted by atomic mass is 35.5. The van der Waals surface area contributed by atoms with Gasteiger partial charge in [-0.25, -0.2) is 4.79 Å². The van der Waals surface area contributed by atoms with Crippen LogP contribution in [0.4, 0.5) is 0 Å². The van der Waals surface area contributed by atoms with E-state index in [1.165, 1.54) is 7.11 Å². The Morgan fingerprint density at radius 1 is 1.03 bits per heavy atom. The number of aryl methyl sites for hydroxylation is 1. The van der Waals surface area contributed by atoms with Crippen molar-refractivity contribution in [2.75, 3.05) is 40.4 Å². The molecule has 1 aliphatic heterocycles. The van der Waals surface area contributed by atoms with Gasteiger partial charge in [-0.15, -0.1) is 0 Å². The second-order valence-electron chi connectivity index (χ2n) is 7.96. The van der Waals surface area contributed by atoms with E-state index in [2.05, 4.69) is 4.98 Å². The molecular formula is C25H26ClN3O4. The molecule has 1 amide bonds. The summed E-state index contributed by atoms with van der Waals surface area (Å²) < 4.78 is 10.3. The molecule has 2 heterocycles. The summed E-state index contributed by atoms with van der Waals surface area (Å²) in [5, 5.41) is 1.40. The van der Waals surface area contributed by atoms with Gasteiger partial charge in [-0.2, -0.15) is 0 Å². The molecule has 172 valence electrons. The number of fused-ring (bicyclic) bond motifs is 1. The van der Waals surface area contributed by atoms with E-state index in [9.17, 15) is 9.59 Å². The van der Waals surface area contributed by atoms with Crippen LogP contribution in [0.5, 0.6) is 5.75 Å². The van der Waals surface area contributed by atoms with Crippen molar-refractivity contribution in [3.8, 4) is 5.75 Å². The number of carbonyl (C=O) groups excluding carboxylic acids is 2. The molecule has 1 aliphatic rings. The predicted octanol–water partition coefficient (Wildman–Crippen LogP) is 3.88. The van der Waals surface area contributed by atoms with E-state index < -0.39 is 6.04 Å². The van der Waals surface area contributed by atoms with Gasteiger partial charge in [0.2, 0.25) is 0 Å². The molecule has 1 fully saturated rings. The summed E-state index contributed by atoms with van der Waals surface area (Å²) in [4.78, 5) is 34.3. The lowest BCUT2D eigenvalue weighted by atomic mass is 10.0. The van der Waals surface area contributed by atoms with Crippen LogP contribution >= 0.6 is 11.6 Å². The number of hydrogen-bond acceptors (Lipinski definition) is 6. The van der Waals surface area contributed by atoms with Gasteiger partial charge in [-0.05, 0) is 36.8 Å². The Hall–Kier alpha value is -3.16. The van der Waals surface area contributed by atoms with Crippen molar-refractivity contribution in [2.24, 2.45) is 0 Å². The summed E-state index contributed by atoms with van der Waals surface area (Å²) in [6.07, 6.45) is 0. The second kappa shape index (κ2) is 9.77. The molecule has 1 saturated heterocycles. The molecule has 8 heteroatoms. The van der Waals surface area contributed by atoms with Crippen LogP contribution in [0.25, 0.3) is 10.9 Å². The molecule has 0 N–H and O–H groups in total. The maximum absolute atomic E-state index is 13.3. The van der Waals surface area contributed by atoms with Crippen LogP contribution in [0.1, 0.15) is 27.7 Å². The van der Waals surface area contributed by atoms with Crippen molar-refractivity contribution in [3.63, 3.8) is 0 Å². The van der Waals surface area contributed by atoms with Gasteiger partial charge in [0.1, 0.15) is 11.8 Å². The maximum Gasteiger partial charge on any atom is 0.327 e. The van der Waals surface area contributed by atoms with E-state index in [-0.39, 0.29) is 11.9 Å². The standard InChI is InChI=1S/C25H26ClN3O4/c1-16-20(14-17-8-9-18(32-2)15-22(17)27-16)24(30)29-12-10-28(11-13-29)23(25(31)33-3)19-6-4-5-7-21(19)26/h4-9,14-15,23H,10-13H2,1-3H3/t23-/m1/s1. The minimum absolute atomic E-state index is 0.0651. The van der Waals surface area contributed by atoms with Crippen molar-refractivity contribution in [1.82, 2.24) is 14.8 Å². The Bertz CT molecular complexity index is 1190. The van der Waals surface area contributed by atoms with Crippen molar-refractivity contribution in [3.05, 3.63) is 70.4 Å². The van der Waals surface area contributed by atoms with E-state index in [1.807, 2.05) is 54.3 Å². The molecule has 1 atom stereocenters. The number of piperazine rings is 1. The highest BCUT2D eigenvalue weighted by Gasteiger charge is 2.34. The first-order chi connectivity index (χ1) is 15.9.